The number of hydrogen-bond donors (Lipinski definition) is 1. The lowest BCUT2D eigenvalue weighted by Gasteiger charge is -2.41. The Morgan fingerprint density at radius 1 is 1.14 bits per heavy atom. The summed E-state index contributed by atoms with van der Waals surface area (Å²) in [6, 6.07) is 8.41. The van der Waals surface area contributed by atoms with E-state index in [9.17, 15) is 4.79 Å². The number of nitrogens with zero attached hydrogens (tertiary/aromatic N) is 1. The second-order valence-electron chi connectivity index (χ2n) is 6.96. The number of H-pyrrole nitrogens is 1. The van der Waals surface area contributed by atoms with E-state index in [4.69, 9.17) is 0 Å². The van der Waals surface area contributed by atoms with Crippen LogP contribution in [-0.4, -0.2) is 28.9 Å². The molecule has 1 aromatic carbocycles. The van der Waals surface area contributed by atoms with Gasteiger partial charge < -0.3 is 9.88 Å². The highest BCUT2D eigenvalue weighted by molar-refractivity contribution is 5.83. The van der Waals surface area contributed by atoms with Crippen molar-refractivity contribution in [2.75, 3.05) is 13.1 Å². The molecule has 116 valence electrons. The molecule has 1 amide bonds. The second-order valence-corrected chi connectivity index (χ2v) is 6.96. The molecular formula is C19H24N2O. The van der Waals surface area contributed by atoms with Crippen LogP contribution in [-0.2, 0) is 11.2 Å². The molecule has 3 nitrogen and oxygen atoms in total. The normalized spacial score (nSPS) is 25.5. The molecule has 3 heteroatoms. The molecule has 4 rings (SSSR count). The third-order valence-electron chi connectivity index (χ3n) is 5.64. The maximum absolute atomic E-state index is 12.4. The molecule has 2 heterocycles. The quantitative estimate of drug-likeness (QED) is 0.920. The van der Waals surface area contributed by atoms with Gasteiger partial charge in [0.05, 0.1) is 0 Å². The molecule has 2 aromatic rings. The molecule has 2 atom stereocenters. The van der Waals surface area contributed by atoms with Crippen LogP contribution in [0.1, 0.15) is 37.7 Å². The highest BCUT2D eigenvalue weighted by Crippen LogP contribution is 2.36. The van der Waals surface area contributed by atoms with E-state index >= 15 is 0 Å². The van der Waals surface area contributed by atoms with E-state index in [1.165, 1.54) is 42.1 Å². The minimum absolute atomic E-state index is 0.378. The lowest BCUT2D eigenvalue weighted by atomic mass is 9.75. The van der Waals surface area contributed by atoms with Crippen molar-refractivity contribution >= 4 is 16.8 Å². The topological polar surface area (TPSA) is 36.1 Å². The molecule has 0 bridgehead atoms. The Bertz CT molecular complexity index is 675. The minimum Gasteiger partial charge on any atom is -0.361 e. The number of amides is 1. The summed E-state index contributed by atoms with van der Waals surface area (Å²) < 4.78 is 0. The fourth-order valence-corrected chi connectivity index (χ4v) is 4.34. The van der Waals surface area contributed by atoms with Gasteiger partial charge in [0.25, 0.3) is 0 Å². The highest BCUT2D eigenvalue weighted by atomic mass is 16.2. The van der Waals surface area contributed by atoms with Crippen LogP contribution in [0.2, 0.25) is 0 Å². The number of hydrogen-bond acceptors (Lipinski definition) is 1. The number of carbonyl (C=O) groups excluding carboxylic acids is 1. The zero-order chi connectivity index (χ0) is 14.9. The molecule has 1 saturated heterocycles. The van der Waals surface area contributed by atoms with Crippen molar-refractivity contribution in [3.63, 3.8) is 0 Å². The lowest BCUT2D eigenvalue weighted by Crippen LogP contribution is -2.46. The molecule has 2 fully saturated rings. The number of nitrogens with one attached hydrogen (secondary N) is 1. The standard InChI is InChI=1S/C19H24N2O/c22-19-11-14-5-1-2-6-16(14)13-21(19)10-9-15-12-20-18-8-4-3-7-17(15)18/h3-4,7-8,12,14,16,20H,1-2,5-6,9-11,13H2/t14-,16+/m0/s1. The lowest BCUT2D eigenvalue weighted by molar-refractivity contribution is -0.138. The Morgan fingerprint density at radius 2 is 1.95 bits per heavy atom. The van der Waals surface area contributed by atoms with Gasteiger partial charge in [0.15, 0.2) is 0 Å². The number of piperidine rings is 1. The fourth-order valence-electron chi connectivity index (χ4n) is 4.34. The van der Waals surface area contributed by atoms with E-state index in [0.29, 0.717) is 11.8 Å². The van der Waals surface area contributed by atoms with Gasteiger partial charge >= 0.3 is 0 Å². The third kappa shape index (κ3) is 2.53. The van der Waals surface area contributed by atoms with Gasteiger partial charge in [-0.25, -0.2) is 0 Å². The summed E-state index contributed by atoms with van der Waals surface area (Å²) in [5, 5.41) is 1.29. The maximum atomic E-state index is 12.4. The van der Waals surface area contributed by atoms with Crippen molar-refractivity contribution in [2.24, 2.45) is 11.8 Å². The van der Waals surface area contributed by atoms with Crippen molar-refractivity contribution in [2.45, 2.75) is 38.5 Å². The van der Waals surface area contributed by atoms with E-state index in [1.807, 2.05) is 0 Å². The van der Waals surface area contributed by atoms with Crippen molar-refractivity contribution < 1.29 is 4.79 Å². The first kappa shape index (κ1) is 13.9. The smallest absolute Gasteiger partial charge is 0.222 e. The van der Waals surface area contributed by atoms with Crippen LogP contribution >= 0.6 is 0 Å². The van der Waals surface area contributed by atoms with Crippen LogP contribution in [0.15, 0.2) is 30.5 Å². The van der Waals surface area contributed by atoms with E-state index in [1.54, 1.807) is 0 Å². The van der Waals surface area contributed by atoms with Crippen molar-refractivity contribution in [1.82, 2.24) is 9.88 Å². The molecule has 1 saturated carbocycles. The number of carbonyl (C=O) groups is 1. The molecular weight excluding hydrogens is 272 g/mol. The monoisotopic (exact) mass is 296 g/mol. The maximum Gasteiger partial charge on any atom is 0.222 e. The summed E-state index contributed by atoms with van der Waals surface area (Å²) >= 11 is 0. The predicted molar refractivity (Wildman–Crippen MR) is 88.6 cm³/mol. The van der Waals surface area contributed by atoms with Crippen LogP contribution in [0, 0.1) is 11.8 Å². The molecule has 2 aliphatic rings. The first-order valence-corrected chi connectivity index (χ1v) is 8.64. The third-order valence-corrected chi connectivity index (χ3v) is 5.64. The van der Waals surface area contributed by atoms with Crippen molar-refractivity contribution in [3.05, 3.63) is 36.0 Å². The van der Waals surface area contributed by atoms with Gasteiger partial charge in [-0.1, -0.05) is 31.0 Å². The van der Waals surface area contributed by atoms with Gasteiger partial charge in [-0.15, -0.1) is 0 Å². The molecule has 22 heavy (non-hydrogen) atoms. The number of rotatable bonds is 3. The Kier molecular flexibility index (Phi) is 3.65. The SMILES string of the molecule is O=C1C[C@@H]2CCCC[C@@H]2CN1CCc1c[nH]c2ccccc12. The van der Waals surface area contributed by atoms with Gasteiger partial charge in [0, 0.05) is 36.6 Å². The van der Waals surface area contributed by atoms with Gasteiger partial charge in [-0.05, 0) is 42.7 Å². The summed E-state index contributed by atoms with van der Waals surface area (Å²) in [5.74, 6) is 1.81. The van der Waals surface area contributed by atoms with Crippen LogP contribution < -0.4 is 0 Å². The average Bonchev–Trinajstić information content (AvgIpc) is 2.96. The number of fused-ring (bicyclic) bond motifs is 2. The second kappa shape index (κ2) is 5.79. The summed E-state index contributed by atoms with van der Waals surface area (Å²) in [7, 11) is 0. The zero-order valence-corrected chi connectivity index (χ0v) is 13.1. The summed E-state index contributed by atoms with van der Waals surface area (Å²) in [6.45, 7) is 1.86. The van der Waals surface area contributed by atoms with E-state index < -0.39 is 0 Å². The van der Waals surface area contributed by atoms with Crippen molar-refractivity contribution in [1.29, 1.82) is 0 Å². The zero-order valence-electron chi connectivity index (χ0n) is 13.1. The molecule has 0 unspecified atom stereocenters. The first-order valence-electron chi connectivity index (χ1n) is 8.64. The number of para-hydroxylation sites is 1. The number of likely N-dealkylation sites (tertiary alicyclic amines) is 1. The van der Waals surface area contributed by atoms with E-state index in [-0.39, 0.29) is 0 Å². The number of aromatic amines is 1. The summed E-state index contributed by atoms with van der Waals surface area (Å²) in [4.78, 5) is 17.8. The molecule has 1 aliphatic carbocycles. The Hall–Kier alpha value is -1.77. The molecule has 1 aromatic heterocycles. The average molecular weight is 296 g/mol. The molecule has 1 N–H and O–H groups in total. The number of aromatic nitrogens is 1. The first-order chi connectivity index (χ1) is 10.8. The molecule has 0 spiro atoms. The van der Waals surface area contributed by atoms with E-state index in [0.717, 1.165) is 31.8 Å². The fraction of sp³-hybridized carbons (Fsp3) is 0.526. The Morgan fingerprint density at radius 3 is 2.86 bits per heavy atom. The molecule has 0 radical (unpaired) electrons. The van der Waals surface area contributed by atoms with Crippen molar-refractivity contribution in [3.8, 4) is 0 Å². The van der Waals surface area contributed by atoms with Gasteiger partial charge in [-0.2, -0.15) is 0 Å². The van der Waals surface area contributed by atoms with Gasteiger partial charge in [0.2, 0.25) is 5.91 Å². The van der Waals surface area contributed by atoms with Gasteiger partial charge in [0.1, 0.15) is 0 Å². The van der Waals surface area contributed by atoms with Crippen LogP contribution in [0.5, 0.6) is 0 Å². The molecule has 1 aliphatic heterocycles. The Labute approximate surface area is 131 Å². The highest BCUT2D eigenvalue weighted by Gasteiger charge is 2.35. The van der Waals surface area contributed by atoms with Crippen LogP contribution in [0.3, 0.4) is 0 Å². The van der Waals surface area contributed by atoms with Crippen LogP contribution in [0.25, 0.3) is 10.9 Å². The largest absolute Gasteiger partial charge is 0.361 e. The Balaban J connectivity index is 1.43. The van der Waals surface area contributed by atoms with Gasteiger partial charge in [-0.3, -0.25) is 4.79 Å². The summed E-state index contributed by atoms with van der Waals surface area (Å²) in [5.41, 5.74) is 2.52. The van der Waals surface area contributed by atoms with E-state index in [2.05, 4.69) is 40.3 Å². The van der Waals surface area contributed by atoms with Crippen LogP contribution in [0.4, 0.5) is 0 Å². The minimum atomic E-state index is 0.378. The predicted octanol–water partition coefficient (Wildman–Crippen LogP) is 3.75. The number of benzene rings is 1. The summed E-state index contributed by atoms with van der Waals surface area (Å²) in [6.07, 6.45) is 9.11.